The van der Waals surface area contributed by atoms with Gasteiger partial charge >= 0.3 is 0 Å². The summed E-state index contributed by atoms with van der Waals surface area (Å²) in [4.78, 5) is 33.3. The van der Waals surface area contributed by atoms with Crippen LogP contribution < -0.4 is 4.90 Å². The normalized spacial score (nSPS) is 22.1. The molecular weight excluding hydrogens is 338 g/mol. The summed E-state index contributed by atoms with van der Waals surface area (Å²) >= 11 is 1.50. The molecule has 2 aliphatic heterocycles. The number of likely N-dealkylation sites (tertiary alicyclic amines) is 1. The lowest BCUT2D eigenvalue weighted by atomic mass is 10.0. The van der Waals surface area contributed by atoms with Crippen LogP contribution in [0.4, 0.5) is 5.13 Å². The topological polar surface area (TPSA) is 62.7 Å². The summed E-state index contributed by atoms with van der Waals surface area (Å²) in [6.07, 6.45) is 2.25. The Morgan fingerprint density at radius 3 is 2.76 bits per heavy atom. The van der Waals surface area contributed by atoms with Gasteiger partial charge in [0.1, 0.15) is 0 Å². The van der Waals surface area contributed by atoms with Crippen LogP contribution in [0.1, 0.15) is 19.3 Å². The van der Waals surface area contributed by atoms with E-state index in [1.165, 1.54) is 11.3 Å². The molecule has 0 radical (unpaired) electrons. The number of nitrogens with zero attached hydrogens (tertiary/aromatic N) is 3. The van der Waals surface area contributed by atoms with Gasteiger partial charge in [-0.25, -0.2) is 4.98 Å². The molecule has 1 unspecified atom stereocenters. The second-order valence-electron chi connectivity index (χ2n) is 6.63. The molecule has 1 aromatic heterocycles. The van der Waals surface area contributed by atoms with Crippen LogP contribution in [0.25, 0.3) is 10.2 Å². The summed E-state index contributed by atoms with van der Waals surface area (Å²) in [6, 6.07) is 7.85. The maximum Gasteiger partial charge on any atom is 0.229 e. The lowest BCUT2D eigenvalue weighted by molar-refractivity contribution is -0.138. The van der Waals surface area contributed by atoms with Gasteiger partial charge in [-0.15, -0.1) is 0 Å². The molecule has 4 rings (SSSR count). The second-order valence-corrected chi connectivity index (χ2v) is 7.64. The molecule has 2 fully saturated rings. The molecule has 0 saturated carbocycles. The van der Waals surface area contributed by atoms with Crippen LogP contribution in [0.2, 0.25) is 0 Å². The molecule has 1 atom stereocenters. The SMILES string of the molecule is COC1CCN(C(=O)C2CC(=O)N(c3nc4ccccc4s3)C2)CC1. The van der Waals surface area contributed by atoms with Crippen molar-refractivity contribution in [1.82, 2.24) is 9.88 Å². The highest BCUT2D eigenvalue weighted by Crippen LogP contribution is 2.33. The Hall–Kier alpha value is -1.99. The van der Waals surface area contributed by atoms with Gasteiger partial charge in [0.25, 0.3) is 0 Å². The predicted octanol–water partition coefficient (Wildman–Crippen LogP) is 2.29. The van der Waals surface area contributed by atoms with E-state index in [-0.39, 0.29) is 30.3 Å². The Labute approximate surface area is 150 Å². The third-order valence-electron chi connectivity index (χ3n) is 5.07. The maximum atomic E-state index is 12.8. The van der Waals surface area contributed by atoms with E-state index in [2.05, 4.69) is 4.98 Å². The molecule has 0 aliphatic carbocycles. The van der Waals surface area contributed by atoms with Gasteiger partial charge in [0.15, 0.2) is 5.13 Å². The quantitative estimate of drug-likeness (QED) is 0.843. The molecule has 3 heterocycles. The highest BCUT2D eigenvalue weighted by atomic mass is 32.1. The number of ether oxygens (including phenoxy) is 1. The molecule has 6 nitrogen and oxygen atoms in total. The third-order valence-corrected chi connectivity index (χ3v) is 6.13. The molecule has 2 aliphatic rings. The Morgan fingerprint density at radius 1 is 1.28 bits per heavy atom. The van der Waals surface area contributed by atoms with Crippen molar-refractivity contribution in [1.29, 1.82) is 0 Å². The number of para-hydroxylation sites is 1. The number of carbonyl (C=O) groups is 2. The number of amides is 2. The number of thiazole rings is 1. The van der Waals surface area contributed by atoms with Crippen LogP contribution in [0.5, 0.6) is 0 Å². The van der Waals surface area contributed by atoms with E-state index in [0.717, 1.165) is 23.1 Å². The van der Waals surface area contributed by atoms with Crippen LogP contribution in [0.3, 0.4) is 0 Å². The van der Waals surface area contributed by atoms with Crippen molar-refractivity contribution in [3.8, 4) is 0 Å². The standard InChI is InChI=1S/C18H21N3O3S/c1-24-13-6-8-20(9-7-13)17(23)12-10-16(22)21(11-12)18-19-14-4-2-3-5-15(14)25-18/h2-5,12-13H,6-11H2,1H3. The first-order valence-electron chi connectivity index (χ1n) is 8.63. The second kappa shape index (κ2) is 6.72. The first-order valence-corrected chi connectivity index (χ1v) is 9.45. The summed E-state index contributed by atoms with van der Waals surface area (Å²) in [7, 11) is 1.72. The summed E-state index contributed by atoms with van der Waals surface area (Å²) < 4.78 is 6.42. The number of methoxy groups -OCH3 is 1. The molecule has 132 valence electrons. The average molecular weight is 359 g/mol. The molecule has 0 bridgehead atoms. The minimum absolute atomic E-state index is 0.0100. The minimum atomic E-state index is -0.265. The lowest BCUT2D eigenvalue weighted by Gasteiger charge is -2.32. The molecule has 1 aromatic carbocycles. The molecule has 25 heavy (non-hydrogen) atoms. The molecule has 2 aromatic rings. The monoisotopic (exact) mass is 359 g/mol. The molecule has 0 spiro atoms. The summed E-state index contributed by atoms with van der Waals surface area (Å²) in [5, 5.41) is 0.694. The zero-order valence-corrected chi connectivity index (χ0v) is 15.0. The van der Waals surface area contributed by atoms with E-state index in [1.54, 1.807) is 12.0 Å². The fraction of sp³-hybridized carbons (Fsp3) is 0.500. The first kappa shape index (κ1) is 16.5. The summed E-state index contributed by atoms with van der Waals surface area (Å²) in [6.45, 7) is 1.86. The summed E-state index contributed by atoms with van der Waals surface area (Å²) in [5.41, 5.74) is 0.895. The number of benzene rings is 1. The Morgan fingerprint density at radius 2 is 2.04 bits per heavy atom. The highest BCUT2D eigenvalue weighted by molar-refractivity contribution is 7.22. The van der Waals surface area contributed by atoms with Gasteiger partial charge in [-0.05, 0) is 25.0 Å². The molecule has 2 saturated heterocycles. The van der Waals surface area contributed by atoms with Gasteiger partial charge in [-0.3, -0.25) is 14.5 Å². The number of rotatable bonds is 3. The van der Waals surface area contributed by atoms with Crippen molar-refractivity contribution < 1.29 is 14.3 Å². The van der Waals surface area contributed by atoms with Crippen molar-refractivity contribution in [2.24, 2.45) is 5.92 Å². The van der Waals surface area contributed by atoms with Crippen molar-refractivity contribution >= 4 is 38.5 Å². The zero-order valence-electron chi connectivity index (χ0n) is 14.2. The smallest absolute Gasteiger partial charge is 0.229 e. The van der Waals surface area contributed by atoms with E-state index < -0.39 is 0 Å². The maximum absolute atomic E-state index is 12.8. The molecule has 7 heteroatoms. The number of carbonyl (C=O) groups excluding carboxylic acids is 2. The molecular formula is C18H21N3O3S. The van der Waals surface area contributed by atoms with Gasteiger partial charge < -0.3 is 9.64 Å². The lowest BCUT2D eigenvalue weighted by Crippen LogP contribution is -2.44. The Bertz CT molecular complexity index is 765. The molecule has 0 N–H and O–H groups in total. The van der Waals surface area contributed by atoms with E-state index in [4.69, 9.17) is 4.74 Å². The fourth-order valence-electron chi connectivity index (χ4n) is 3.60. The predicted molar refractivity (Wildman–Crippen MR) is 96.7 cm³/mol. The van der Waals surface area contributed by atoms with Gasteiger partial charge in [0.2, 0.25) is 11.8 Å². The van der Waals surface area contributed by atoms with Gasteiger partial charge in [0, 0.05) is 33.2 Å². The number of anilines is 1. The van der Waals surface area contributed by atoms with Gasteiger partial charge in [-0.2, -0.15) is 0 Å². The largest absolute Gasteiger partial charge is 0.381 e. The van der Waals surface area contributed by atoms with E-state index in [9.17, 15) is 9.59 Å². The number of piperidine rings is 1. The number of fused-ring (bicyclic) bond motifs is 1. The van der Waals surface area contributed by atoms with Crippen molar-refractivity contribution in [3.05, 3.63) is 24.3 Å². The van der Waals surface area contributed by atoms with Crippen LogP contribution in [-0.4, -0.2) is 54.5 Å². The van der Waals surface area contributed by atoms with Gasteiger partial charge in [-0.1, -0.05) is 23.5 Å². The third kappa shape index (κ3) is 3.14. The first-order chi connectivity index (χ1) is 12.2. The Balaban J connectivity index is 1.45. The van der Waals surface area contributed by atoms with Crippen LogP contribution in [0, 0.1) is 5.92 Å². The molecule has 2 amide bonds. The highest BCUT2D eigenvalue weighted by Gasteiger charge is 2.39. The van der Waals surface area contributed by atoms with E-state index in [1.807, 2.05) is 29.2 Å². The number of aromatic nitrogens is 1. The zero-order chi connectivity index (χ0) is 17.4. The summed E-state index contributed by atoms with van der Waals surface area (Å²) in [5.74, 6) is -0.186. The average Bonchev–Trinajstić information content (AvgIpc) is 3.24. The Kier molecular flexibility index (Phi) is 4.43. The number of hydrogen-bond donors (Lipinski definition) is 0. The fourth-order valence-corrected chi connectivity index (χ4v) is 4.60. The van der Waals surface area contributed by atoms with Gasteiger partial charge in [0.05, 0.1) is 22.2 Å². The van der Waals surface area contributed by atoms with Crippen molar-refractivity contribution in [2.75, 3.05) is 31.6 Å². The number of hydrogen-bond acceptors (Lipinski definition) is 5. The minimum Gasteiger partial charge on any atom is -0.381 e. The van der Waals surface area contributed by atoms with Crippen LogP contribution >= 0.6 is 11.3 Å². The van der Waals surface area contributed by atoms with E-state index in [0.29, 0.717) is 24.8 Å². The van der Waals surface area contributed by atoms with Crippen molar-refractivity contribution in [3.63, 3.8) is 0 Å². The van der Waals surface area contributed by atoms with Crippen molar-refractivity contribution in [2.45, 2.75) is 25.4 Å². The van der Waals surface area contributed by atoms with E-state index >= 15 is 0 Å². The van der Waals surface area contributed by atoms with Crippen LogP contribution in [0.15, 0.2) is 24.3 Å². The van der Waals surface area contributed by atoms with Crippen LogP contribution in [-0.2, 0) is 14.3 Å².